The van der Waals surface area contributed by atoms with Crippen LogP contribution in [0, 0.1) is 0 Å². The zero-order valence-electron chi connectivity index (χ0n) is 15.5. The molecule has 0 saturated carbocycles. The molecule has 0 bridgehead atoms. The third-order valence-electron chi connectivity index (χ3n) is 4.00. The number of nitrogens with zero attached hydrogens (tertiary/aromatic N) is 1. The van der Waals surface area contributed by atoms with Gasteiger partial charge in [-0.2, -0.15) is 0 Å². The number of carbonyl (C=O) groups is 2. The van der Waals surface area contributed by atoms with Crippen molar-refractivity contribution in [2.24, 2.45) is 0 Å². The van der Waals surface area contributed by atoms with E-state index in [-0.39, 0.29) is 18.2 Å². The van der Waals surface area contributed by atoms with Crippen molar-refractivity contribution in [2.75, 3.05) is 10.6 Å². The minimum atomic E-state index is -0.259. The van der Waals surface area contributed by atoms with Gasteiger partial charge in [-0.1, -0.05) is 49.4 Å². The molecular weight excluding hydrogens is 370 g/mol. The number of amides is 2. The van der Waals surface area contributed by atoms with Crippen LogP contribution >= 0.6 is 11.3 Å². The summed E-state index contributed by atoms with van der Waals surface area (Å²) in [7, 11) is 0. The minimum Gasteiger partial charge on any atom is -0.326 e. The summed E-state index contributed by atoms with van der Waals surface area (Å²) < 4.78 is 0. The minimum absolute atomic E-state index is 0.142. The van der Waals surface area contributed by atoms with Gasteiger partial charge in [0.05, 0.1) is 12.1 Å². The molecule has 0 aliphatic carbocycles. The molecule has 1 aromatic heterocycles. The fourth-order valence-corrected chi connectivity index (χ4v) is 3.24. The first-order valence-electron chi connectivity index (χ1n) is 8.99. The van der Waals surface area contributed by atoms with Crippen LogP contribution in [0.1, 0.15) is 23.7 Å². The monoisotopic (exact) mass is 391 g/mol. The Labute approximate surface area is 168 Å². The maximum atomic E-state index is 12.2. The highest BCUT2D eigenvalue weighted by Crippen LogP contribution is 2.17. The van der Waals surface area contributed by atoms with Gasteiger partial charge in [0.25, 0.3) is 0 Å². The highest BCUT2D eigenvalue weighted by Gasteiger charge is 2.09. The van der Waals surface area contributed by atoms with Gasteiger partial charge in [-0.05, 0) is 35.8 Å². The molecule has 6 heteroatoms. The highest BCUT2D eigenvalue weighted by molar-refractivity contribution is 7.14. The van der Waals surface area contributed by atoms with E-state index in [0.29, 0.717) is 10.8 Å². The van der Waals surface area contributed by atoms with E-state index in [0.717, 1.165) is 17.7 Å². The summed E-state index contributed by atoms with van der Waals surface area (Å²) in [6, 6.07) is 17.3. The molecule has 0 fully saturated rings. The van der Waals surface area contributed by atoms with Crippen LogP contribution in [0.4, 0.5) is 10.8 Å². The third kappa shape index (κ3) is 5.89. The zero-order chi connectivity index (χ0) is 19.8. The fourth-order valence-electron chi connectivity index (χ4n) is 2.52. The molecule has 0 unspecified atom stereocenters. The Kier molecular flexibility index (Phi) is 6.70. The van der Waals surface area contributed by atoms with Gasteiger partial charge < -0.3 is 5.32 Å². The standard InChI is InChI=1S/C22H21N3O2S/c1-2-16-8-11-18(12-9-16)23-21(27)14-19-15-28-22(24-19)25-20(26)13-10-17-6-4-3-5-7-17/h3-13,15H,2,14H2,1H3,(H,23,27)(H,24,25,26)/b13-10+. The van der Waals surface area contributed by atoms with Crippen molar-refractivity contribution < 1.29 is 9.59 Å². The van der Waals surface area contributed by atoms with E-state index in [9.17, 15) is 9.59 Å². The summed E-state index contributed by atoms with van der Waals surface area (Å²) in [5, 5.41) is 7.82. The molecule has 0 spiro atoms. The lowest BCUT2D eigenvalue weighted by atomic mass is 10.1. The molecule has 3 aromatic rings. The molecule has 142 valence electrons. The van der Waals surface area contributed by atoms with Gasteiger partial charge in [0.15, 0.2) is 5.13 Å². The normalized spacial score (nSPS) is 10.8. The van der Waals surface area contributed by atoms with Crippen molar-refractivity contribution in [3.05, 3.63) is 82.9 Å². The number of carbonyl (C=O) groups excluding carboxylic acids is 2. The van der Waals surface area contributed by atoms with E-state index in [2.05, 4.69) is 22.5 Å². The number of rotatable bonds is 7. The SMILES string of the molecule is CCc1ccc(NC(=O)Cc2csc(NC(=O)/C=C/c3ccccc3)n2)cc1. The van der Waals surface area contributed by atoms with Crippen LogP contribution in [0.2, 0.25) is 0 Å². The summed E-state index contributed by atoms with van der Waals surface area (Å²) in [5.74, 6) is -0.401. The Morgan fingerprint density at radius 3 is 2.50 bits per heavy atom. The fraction of sp³-hybridized carbons (Fsp3) is 0.136. The molecule has 5 nitrogen and oxygen atoms in total. The molecule has 3 rings (SSSR count). The number of nitrogens with one attached hydrogen (secondary N) is 2. The largest absolute Gasteiger partial charge is 0.326 e. The van der Waals surface area contributed by atoms with E-state index in [1.165, 1.54) is 23.0 Å². The summed E-state index contributed by atoms with van der Waals surface area (Å²) in [6.07, 6.45) is 4.31. The van der Waals surface area contributed by atoms with Gasteiger partial charge in [-0.15, -0.1) is 11.3 Å². The zero-order valence-corrected chi connectivity index (χ0v) is 16.3. The molecule has 0 aliphatic heterocycles. The first-order valence-corrected chi connectivity index (χ1v) is 9.87. The lowest BCUT2D eigenvalue weighted by Gasteiger charge is -2.05. The Morgan fingerprint density at radius 1 is 1.04 bits per heavy atom. The van der Waals surface area contributed by atoms with Gasteiger partial charge in [0, 0.05) is 17.1 Å². The smallest absolute Gasteiger partial charge is 0.250 e. The van der Waals surface area contributed by atoms with Crippen LogP contribution in [0.3, 0.4) is 0 Å². The van der Waals surface area contributed by atoms with Crippen molar-refractivity contribution >= 4 is 40.0 Å². The van der Waals surface area contributed by atoms with Gasteiger partial charge in [-0.25, -0.2) is 4.98 Å². The molecule has 2 amide bonds. The van der Waals surface area contributed by atoms with E-state index < -0.39 is 0 Å². The Balaban J connectivity index is 1.51. The quantitative estimate of drug-likeness (QED) is 0.581. The number of thiazole rings is 1. The van der Waals surface area contributed by atoms with E-state index in [1.54, 1.807) is 11.5 Å². The molecule has 2 aromatic carbocycles. The second-order valence-corrected chi connectivity index (χ2v) is 7.01. The van der Waals surface area contributed by atoms with Gasteiger partial charge in [-0.3, -0.25) is 14.9 Å². The molecule has 1 heterocycles. The Hall–Kier alpha value is -3.25. The summed E-state index contributed by atoms with van der Waals surface area (Å²) in [5.41, 5.74) is 3.55. The predicted molar refractivity (Wildman–Crippen MR) is 114 cm³/mol. The van der Waals surface area contributed by atoms with Gasteiger partial charge in [0.1, 0.15) is 0 Å². The number of aryl methyl sites for hydroxylation is 1. The summed E-state index contributed by atoms with van der Waals surface area (Å²) >= 11 is 1.30. The molecule has 2 N–H and O–H groups in total. The maximum absolute atomic E-state index is 12.2. The molecule has 0 atom stereocenters. The second-order valence-electron chi connectivity index (χ2n) is 6.15. The van der Waals surface area contributed by atoms with E-state index in [1.807, 2.05) is 54.6 Å². The molecular formula is C22H21N3O2S. The van der Waals surface area contributed by atoms with Crippen LogP contribution in [-0.4, -0.2) is 16.8 Å². The van der Waals surface area contributed by atoms with Gasteiger partial charge in [0.2, 0.25) is 11.8 Å². The maximum Gasteiger partial charge on any atom is 0.250 e. The topological polar surface area (TPSA) is 71.1 Å². The van der Waals surface area contributed by atoms with Crippen LogP contribution in [0.5, 0.6) is 0 Å². The number of hydrogen-bond acceptors (Lipinski definition) is 4. The first-order chi connectivity index (χ1) is 13.6. The Bertz CT molecular complexity index is 963. The molecule has 0 saturated heterocycles. The average molecular weight is 391 g/mol. The molecule has 0 radical (unpaired) electrons. The second kappa shape index (κ2) is 9.62. The van der Waals surface area contributed by atoms with Crippen molar-refractivity contribution in [2.45, 2.75) is 19.8 Å². The number of anilines is 2. The number of hydrogen-bond donors (Lipinski definition) is 2. The van der Waals surface area contributed by atoms with E-state index >= 15 is 0 Å². The van der Waals surface area contributed by atoms with Gasteiger partial charge >= 0.3 is 0 Å². The van der Waals surface area contributed by atoms with Crippen LogP contribution in [0.15, 0.2) is 66.1 Å². The lowest BCUT2D eigenvalue weighted by Crippen LogP contribution is -2.14. The van der Waals surface area contributed by atoms with Crippen LogP contribution < -0.4 is 10.6 Å². The first kappa shape index (κ1) is 19.5. The number of benzene rings is 2. The van der Waals surface area contributed by atoms with Crippen molar-refractivity contribution in [1.82, 2.24) is 4.98 Å². The molecule has 0 aliphatic rings. The highest BCUT2D eigenvalue weighted by atomic mass is 32.1. The number of aromatic nitrogens is 1. The van der Waals surface area contributed by atoms with Crippen molar-refractivity contribution in [3.63, 3.8) is 0 Å². The van der Waals surface area contributed by atoms with E-state index in [4.69, 9.17) is 0 Å². The van der Waals surface area contributed by atoms with Crippen molar-refractivity contribution in [3.8, 4) is 0 Å². The predicted octanol–water partition coefficient (Wildman–Crippen LogP) is 4.54. The summed E-state index contributed by atoms with van der Waals surface area (Å²) in [6.45, 7) is 2.09. The third-order valence-corrected chi connectivity index (χ3v) is 4.80. The molecule has 28 heavy (non-hydrogen) atoms. The average Bonchev–Trinajstić information content (AvgIpc) is 3.14. The van der Waals surface area contributed by atoms with Crippen LogP contribution in [0.25, 0.3) is 6.08 Å². The summed E-state index contributed by atoms with van der Waals surface area (Å²) in [4.78, 5) is 28.5. The Morgan fingerprint density at radius 2 is 1.79 bits per heavy atom. The van der Waals surface area contributed by atoms with Crippen molar-refractivity contribution in [1.29, 1.82) is 0 Å². The van der Waals surface area contributed by atoms with Crippen LogP contribution in [-0.2, 0) is 22.4 Å². The lowest BCUT2D eigenvalue weighted by molar-refractivity contribution is -0.115.